The molecule has 0 saturated carbocycles. The summed E-state index contributed by atoms with van der Waals surface area (Å²) in [5, 5.41) is 26.0. The minimum Gasteiger partial charge on any atom is -0.507 e. The van der Waals surface area contributed by atoms with Gasteiger partial charge in [-0.2, -0.15) is 5.10 Å². The molecule has 0 aliphatic carbocycles. The molecule has 0 fully saturated rings. The average molecular weight is 487 g/mol. The van der Waals surface area contributed by atoms with Gasteiger partial charge in [-0.15, -0.1) is 10.2 Å². The predicted molar refractivity (Wildman–Crippen MR) is 139 cm³/mol. The number of thioether (sulfide) groups is 1. The van der Waals surface area contributed by atoms with Crippen LogP contribution in [0, 0.1) is 6.92 Å². The number of anilines is 1. The van der Waals surface area contributed by atoms with Crippen LogP contribution < -0.4 is 10.7 Å². The van der Waals surface area contributed by atoms with Gasteiger partial charge in [0.25, 0.3) is 5.91 Å². The summed E-state index contributed by atoms with van der Waals surface area (Å²) in [7, 11) is 0. The van der Waals surface area contributed by atoms with Crippen molar-refractivity contribution in [3.8, 4) is 11.4 Å². The van der Waals surface area contributed by atoms with Crippen molar-refractivity contribution < 1.29 is 9.90 Å². The minimum atomic E-state index is -0.485. The predicted octanol–water partition coefficient (Wildman–Crippen LogP) is 4.52. The molecule has 1 amide bonds. The molecule has 0 saturated heterocycles. The molecule has 1 heterocycles. The zero-order valence-corrected chi connectivity index (χ0v) is 20.2. The molecule has 0 spiro atoms. The molecule has 4 rings (SSSR count). The van der Waals surface area contributed by atoms with Gasteiger partial charge in [0.1, 0.15) is 5.75 Å². The van der Waals surface area contributed by atoms with E-state index in [9.17, 15) is 9.90 Å². The summed E-state index contributed by atoms with van der Waals surface area (Å²) in [5.74, 6) is 0.531. The fraction of sp³-hybridized carbons (Fsp3) is 0.154. The lowest BCUT2D eigenvalue weighted by molar-refractivity contribution is -0.120. The number of aromatic hydroxyl groups is 1. The number of rotatable bonds is 9. The van der Waals surface area contributed by atoms with Crippen LogP contribution in [0.2, 0.25) is 0 Å². The third kappa shape index (κ3) is 6.27. The number of aryl methyl sites for hydroxylation is 1. The van der Waals surface area contributed by atoms with Crippen molar-refractivity contribution in [3.63, 3.8) is 0 Å². The first-order valence-corrected chi connectivity index (χ1v) is 12.0. The Morgan fingerprint density at radius 2 is 1.77 bits per heavy atom. The van der Waals surface area contributed by atoms with Crippen LogP contribution in [0.4, 0.5) is 5.69 Å². The number of carbonyl (C=O) groups is 1. The number of phenolic OH excluding ortho intramolecular Hbond substituents is 1. The van der Waals surface area contributed by atoms with E-state index in [0.29, 0.717) is 17.3 Å². The van der Waals surface area contributed by atoms with Gasteiger partial charge in [0.15, 0.2) is 11.0 Å². The van der Waals surface area contributed by atoms with E-state index < -0.39 is 5.25 Å². The van der Waals surface area contributed by atoms with Crippen LogP contribution in [-0.2, 0) is 11.3 Å². The molecule has 8 nitrogen and oxygen atoms in total. The molecule has 178 valence electrons. The lowest BCUT2D eigenvalue weighted by atomic mass is 10.2. The summed E-state index contributed by atoms with van der Waals surface area (Å²) >= 11 is 1.29. The van der Waals surface area contributed by atoms with Crippen molar-refractivity contribution in [2.45, 2.75) is 30.8 Å². The second-order valence-corrected chi connectivity index (χ2v) is 9.15. The summed E-state index contributed by atoms with van der Waals surface area (Å²) in [5.41, 5.74) is 6.13. The molecule has 4 aromatic rings. The highest BCUT2D eigenvalue weighted by Crippen LogP contribution is 2.26. The fourth-order valence-electron chi connectivity index (χ4n) is 3.24. The number of hydrazone groups is 1. The van der Waals surface area contributed by atoms with Crippen LogP contribution in [0.3, 0.4) is 0 Å². The van der Waals surface area contributed by atoms with Gasteiger partial charge >= 0.3 is 0 Å². The van der Waals surface area contributed by atoms with Gasteiger partial charge in [0.05, 0.1) is 18.0 Å². The number of para-hydroxylation sites is 2. The highest BCUT2D eigenvalue weighted by atomic mass is 32.2. The van der Waals surface area contributed by atoms with Crippen molar-refractivity contribution in [3.05, 3.63) is 95.8 Å². The van der Waals surface area contributed by atoms with Gasteiger partial charge < -0.3 is 10.4 Å². The maximum Gasteiger partial charge on any atom is 0.253 e. The van der Waals surface area contributed by atoms with Crippen LogP contribution in [0.5, 0.6) is 5.75 Å². The Bertz CT molecular complexity index is 1310. The lowest BCUT2D eigenvalue weighted by Crippen LogP contribution is -2.27. The number of hydrogen-bond acceptors (Lipinski definition) is 7. The number of nitrogens with zero attached hydrogens (tertiary/aromatic N) is 4. The van der Waals surface area contributed by atoms with E-state index in [1.807, 2.05) is 66.1 Å². The molecule has 9 heteroatoms. The fourth-order valence-corrected chi connectivity index (χ4v) is 4.12. The number of amides is 1. The van der Waals surface area contributed by atoms with Crippen LogP contribution in [-0.4, -0.2) is 37.2 Å². The Morgan fingerprint density at radius 3 is 2.51 bits per heavy atom. The SMILES string of the molecule is Cc1ccc(NCc2nnc(S[C@H](C)C(=O)N/N=C/c3ccccc3O)n2-c2ccccc2)cc1. The molecular formula is C26H26N6O2S. The largest absolute Gasteiger partial charge is 0.507 e. The van der Waals surface area contributed by atoms with Crippen LogP contribution in [0.1, 0.15) is 23.9 Å². The van der Waals surface area contributed by atoms with Gasteiger partial charge in [-0.3, -0.25) is 9.36 Å². The van der Waals surface area contributed by atoms with Crippen molar-refractivity contribution >= 4 is 29.6 Å². The summed E-state index contributed by atoms with van der Waals surface area (Å²) in [6, 6.07) is 24.7. The van der Waals surface area contributed by atoms with Crippen molar-refractivity contribution in [1.29, 1.82) is 0 Å². The Morgan fingerprint density at radius 1 is 1.06 bits per heavy atom. The second kappa shape index (κ2) is 11.3. The maximum absolute atomic E-state index is 12.6. The summed E-state index contributed by atoms with van der Waals surface area (Å²) in [6.45, 7) is 4.30. The van der Waals surface area contributed by atoms with E-state index in [2.05, 4.69) is 26.0 Å². The summed E-state index contributed by atoms with van der Waals surface area (Å²) in [4.78, 5) is 12.6. The number of carbonyl (C=O) groups excluding carboxylic acids is 1. The molecular weight excluding hydrogens is 460 g/mol. The molecule has 0 unspecified atom stereocenters. The zero-order valence-electron chi connectivity index (χ0n) is 19.4. The highest BCUT2D eigenvalue weighted by Gasteiger charge is 2.21. The van der Waals surface area contributed by atoms with E-state index >= 15 is 0 Å². The molecule has 1 aromatic heterocycles. The summed E-state index contributed by atoms with van der Waals surface area (Å²) < 4.78 is 1.95. The zero-order chi connectivity index (χ0) is 24.6. The molecule has 35 heavy (non-hydrogen) atoms. The molecule has 3 N–H and O–H groups in total. The highest BCUT2D eigenvalue weighted by molar-refractivity contribution is 8.00. The first-order valence-electron chi connectivity index (χ1n) is 11.1. The van der Waals surface area contributed by atoms with E-state index in [0.717, 1.165) is 17.2 Å². The van der Waals surface area contributed by atoms with Crippen molar-refractivity contribution in [2.24, 2.45) is 5.10 Å². The molecule has 0 aliphatic heterocycles. The smallest absolute Gasteiger partial charge is 0.253 e. The first kappa shape index (κ1) is 24.0. The van der Waals surface area contributed by atoms with Gasteiger partial charge in [-0.25, -0.2) is 5.43 Å². The number of hydrogen-bond donors (Lipinski definition) is 3. The number of benzene rings is 3. The maximum atomic E-state index is 12.6. The quantitative estimate of drug-likeness (QED) is 0.182. The third-order valence-corrected chi connectivity index (χ3v) is 6.23. The monoisotopic (exact) mass is 486 g/mol. The number of nitrogens with one attached hydrogen (secondary N) is 2. The van der Waals surface area contributed by atoms with E-state index in [-0.39, 0.29) is 11.7 Å². The Labute approximate surface area is 208 Å². The normalized spacial score (nSPS) is 11.9. The Balaban J connectivity index is 1.47. The van der Waals surface area contributed by atoms with E-state index in [4.69, 9.17) is 0 Å². The van der Waals surface area contributed by atoms with Crippen LogP contribution in [0.25, 0.3) is 5.69 Å². The van der Waals surface area contributed by atoms with Crippen LogP contribution >= 0.6 is 11.8 Å². The third-order valence-electron chi connectivity index (χ3n) is 5.18. The number of phenols is 1. The van der Waals surface area contributed by atoms with Crippen molar-refractivity contribution in [2.75, 3.05) is 5.32 Å². The topological polar surface area (TPSA) is 104 Å². The number of aromatic nitrogens is 3. The molecule has 0 aliphatic rings. The Kier molecular flexibility index (Phi) is 7.79. The van der Waals surface area contributed by atoms with Gasteiger partial charge in [-0.1, -0.05) is 59.8 Å². The Hall–Kier alpha value is -4.11. The average Bonchev–Trinajstić information content (AvgIpc) is 3.27. The van der Waals surface area contributed by atoms with Crippen LogP contribution in [0.15, 0.2) is 89.1 Å². The molecule has 1 atom stereocenters. The summed E-state index contributed by atoms with van der Waals surface area (Å²) in [6.07, 6.45) is 1.41. The standard InChI is InChI=1S/C26H26N6O2S/c1-18-12-14-21(15-13-18)27-17-24-29-31-26(32(24)22-9-4-3-5-10-22)35-19(2)25(34)30-28-16-20-8-6-7-11-23(20)33/h3-16,19,27,33H,17H2,1-2H3,(H,30,34)/b28-16+/t19-/m1/s1. The van der Waals surface area contributed by atoms with Gasteiger partial charge in [-0.05, 0) is 50.2 Å². The molecule has 0 radical (unpaired) electrons. The van der Waals surface area contributed by atoms with Crippen molar-refractivity contribution in [1.82, 2.24) is 20.2 Å². The lowest BCUT2D eigenvalue weighted by Gasteiger charge is -2.13. The molecule has 3 aromatic carbocycles. The molecule has 0 bridgehead atoms. The second-order valence-electron chi connectivity index (χ2n) is 7.84. The first-order chi connectivity index (χ1) is 17.0. The van der Waals surface area contributed by atoms with Gasteiger partial charge in [0, 0.05) is 16.9 Å². The minimum absolute atomic E-state index is 0.0932. The van der Waals surface area contributed by atoms with E-state index in [1.165, 1.54) is 23.5 Å². The van der Waals surface area contributed by atoms with E-state index in [1.54, 1.807) is 31.2 Å². The van der Waals surface area contributed by atoms with Gasteiger partial charge in [0.2, 0.25) is 0 Å².